The second-order valence-electron chi connectivity index (χ2n) is 5.39. The number of amides is 1. The topological polar surface area (TPSA) is 108 Å². The largest absolute Gasteiger partial charge is 0.507 e. The summed E-state index contributed by atoms with van der Waals surface area (Å²) in [5, 5.41) is 12.3. The molecule has 0 aliphatic carbocycles. The van der Waals surface area contributed by atoms with Crippen molar-refractivity contribution in [1.29, 1.82) is 0 Å². The van der Waals surface area contributed by atoms with Crippen molar-refractivity contribution in [3.05, 3.63) is 47.9 Å². The Hall–Kier alpha value is -3.22. The van der Waals surface area contributed by atoms with Gasteiger partial charge >= 0.3 is 0 Å². The van der Waals surface area contributed by atoms with Gasteiger partial charge in [-0.25, -0.2) is 9.97 Å². The van der Waals surface area contributed by atoms with Crippen LogP contribution in [0.25, 0.3) is 11.2 Å². The number of carbonyl (C=O) groups is 2. The summed E-state index contributed by atoms with van der Waals surface area (Å²) in [7, 11) is 0. The quantitative estimate of drug-likeness (QED) is 0.493. The highest BCUT2D eigenvalue weighted by Crippen LogP contribution is 2.22. The Labute approximate surface area is 137 Å². The van der Waals surface area contributed by atoms with E-state index in [4.69, 9.17) is 0 Å². The van der Waals surface area contributed by atoms with Gasteiger partial charge in [-0.05, 0) is 37.3 Å². The molecule has 3 N–H and O–H groups in total. The number of carbonyl (C=O) groups excluding carboxylic acids is 2. The van der Waals surface area contributed by atoms with Crippen molar-refractivity contribution < 1.29 is 14.7 Å². The van der Waals surface area contributed by atoms with E-state index < -0.39 is 0 Å². The fraction of sp³-hybridized carbons (Fsp3) is 0.176. The Morgan fingerprint density at radius 1 is 1.29 bits per heavy atom. The van der Waals surface area contributed by atoms with Crippen LogP contribution < -0.4 is 5.32 Å². The lowest BCUT2D eigenvalue weighted by atomic mass is 10.1. The number of rotatable bonds is 5. The smallest absolute Gasteiger partial charge is 0.224 e. The molecule has 3 aromatic rings. The predicted molar refractivity (Wildman–Crippen MR) is 89.0 cm³/mol. The summed E-state index contributed by atoms with van der Waals surface area (Å²) in [4.78, 5) is 35.0. The molecule has 0 spiro atoms. The maximum atomic E-state index is 12.1. The Bertz CT molecular complexity index is 884. The molecule has 0 saturated heterocycles. The Morgan fingerprint density at radius 2 is 2.12 bits per heavy atom. The third kappa shape index (κ3) is 3.40. The van der Waals surface area contributed by atoms with E-state index >= 15 is 0 Å². The first-order valence-electron chi connectivity index (χ1n) is 7.46. The molecule has 0 unspecified atom stereocenters. The first-order chi connectivity index (χ1) is 11.5. The van der Waals surface area contributed by atoms with Gasteiger partial charge in [0.1, 0.15) is 11.6 Å². The van der Waals surface area contributed by atoms with Crippen LogP contribution in [-0.4, -0.2) is 31.7 Å². The minimum Gasteiger partial charge on any atom is -0.507 e. The summed E-state index contributed by atoms with van der Waals surface area (Å²) >= 11 is 0. The number of phenolic OH excluding ortho intramolecular Hbond substituents is 1. The molecule has 24 heavy (non-hydrogen) atoms. The number of aryl methyl sites for hydroxylation is 1. The van der Waals surface area contributed by atoms with Crippen LogP contribution in [0, 0.1) is 0 Å². The molecule has 122 valence electrons. The summed E-state index contributed by atoms with van der Waals surface area (Å²) in [5.41, 5.74) is 2.10. The first kappa shape index (κ1) is 15.7. The summed E-state index contributed by atoms with van der Waals surface area (Å²) < 4.78 is 0. The summed E-state index contributed by atoms with van der Waals surface area (Å²) in [6.45, 7) is 1.36. The van der Waals surface area contributed by atoms with E-state index in [1.165, 1.54) is 19.1 Å². The molecule has 2 aromatic heterocycles. The average Bonchev–Trinajstić information content (AvgIpc) is 2.97. The van der Waals surface area contributed by atoms with E-state index in [1.807, 2.05) is 12.1 Å². The molecule has 0 fully saturated rings. The van der Waals surface area contributed by atoms with Crippen molar-refractivity contribution in [3.63, 3.8) is 0 Å². The molecular weight excluding hydrogens is 308 g/mol. The molecule has 0 saturated carbocycles. The monoisotopic (exact) mass is 324 g/mol. The number of Topliss-reactive ketones (excluding diaryl/α,β-unsaturated/α-hetero) is 1. The second kappa shape index (κ2) is 6.49. The molecule has 0 aliphatic rings. The van der Waals surface area contributed by atoms with Crippen LogP contribution in [0.4, 0.5) is 5.69 Å². The molecule has 1 aromatic carbocycles. The van der Waals surface area contributed by atoms with Crippen molar-refractivity contribution in [2.75, 3.05) is 5.32 Å². The van der Waals surface area contributed by atoms with Gasteiger partial charge in [-0.15, -0.1) is 0 Å². The number of aromatic nitrogens is 3. The fourth-order valence-electron chi connectivity index (χ4n) is 2.36. The summed E-state index contributed by atoms with van der Waals surface area (Å²) in [6.07, 6.45) is 2.34. The molecule has 0 aliphatic heterocycles. The van der Waals surface area contributed by atoms with Gasteiger partial charge in [-0.2, -0.15) is 0 Å². The van der Waals surface area contributed by atoms with Crippen LogP contribution in [-0.2, 0) is 11.2 Å². The fourth-order valence-corrected chi connectivity index (χ4v) is 2.36. The Kier molecular flexibility index (Phi) is 4.24. The number of aromatic hydroxyl groups is 1. The number of benzene rings is 1. The maximum absolute atomic E-state index is 12.1. The van der Waals surface area contributed by atoms with Gasteiger partial charge in [-0.3, -0.25) is 9.59 Å². The molecule has 0 radical (unpaired) electrons. The summed E-state index contributed by atoms with van der Waals surface area (Å²) in [5.74, 6) is 0.117. The minimum atomic E-state index is -0.265. The summed E-state index contributed by atoms with van der Waals surface area (Å²) in [6, 6.07) is 8.08. The van der Waals surface area contributed by atoms with Crippen molar-refractivity contribution in [1.82, 2.24) is 15.0 Å². The van der Waals surface area contributed by atoms with Crippen LogP contribution in [0.15, 0.2) is 36.5 Å². The number of phenols is 1. The van der Waals surface area contributed by atoms with Gasteiger partial charge in [0.25, 0.3) is 0 Å². The van der Waals surface area contributed by atoms with Gasteiger partial charge < -0.3 is 15.4 Å². The molecule has 7 nitrogen and oxygen atoms in total. The third-order valence-electron chi connectivity index (χ3n) is 3.55. The lowest BCUT2D eigenvalue weighted by molar-refractivity contribution is -0.116. The third-order valence-corrected chi connectivity index (χ3v) is 3.55. The van der Waals surface area contributed by atoms with E-state index in [2.05, 4.69) is 20.3 Å². The van der Waals surface area contributed by atoms with E-state index in [-0.39, 0.29) is 29.4 Å². The Balaban J connectivity index is 1.63. The molecule has 0 bridgehead atoms. The minimum absolute atomic E-state index is 0.102. The second-order valence-corrected chi connectivity index (χ2v) is 5.39. The number of imidazole rings is 1. The van der Waals surface area contributed by atoms with E-state index in [0.29, 0.717) is 23.6 Å². The van der Waals surface area contributed by atoms with Crippen LogP contribution in [0.2, 0.25) is 0 Å². The van der Waals surface area contributed by atoms with Crippen LogP contribution in [0.3, 0.4) is 0 Å². The number of aromatic amines is 1. The molecule has 1 amide bonds. The lowest BCUT2D eigenvalue weighted by Gasteiger charge is -2.07. The van der Waals surface area contributed by atoms with E-state index in [1.54, 1.807) is 12.3 Å². The van der Waals surface area contributed by atoms with Gasteiger partial charge in [0, 0.05) is 24.7 Å². The maximum Gasteiger partial charge on any atom is 0.224 e. The number of anilines is 1. The predicted octanol–water partition coefficient (Wildman–Crippen LogP) is 2.44. The zero-order valence-corrected chi connectivity index (χ0v) is 13.0. The van der Waals surface area contributed by atoms with E-state index in [9.17, 15) is 14.7 Å². The highest BCUT2D eigenvalue weighted by molar-refractivity contribution is 5.99. The van der Waals surface area contributed by atoms with Gasteiger partial charge in [-0.1, -0.05) is 0 Å². The highest BCUT2D eigenvalue weighted by atomic mass is 16.3. The number of fused-ring (bicyclic) bond motifs is 1. The lowest BCUT2D eigenvalue weighted by Crippen LogP contribution is -2.13. The van der Waals surface area contributed by atoms with Gasteiger partial charge in [0.2, 0.25) is 5.91 Å². The number of nitrogens with zero attached hydrogens (tertiary/aromatic N) is 2. The SMILES string of the molecule is CC(=O)c1cc(NC(=O)CCc2nc3ncccc3[nH]2)ccc1O. The van der Waals surface area contributed by atoms with Gasteiger partial charge in [0.05, 0.1) is 11.1 Å². The zero-order chi connectivity index (χ0) is 17.1. The first-order valence-corrected chi connectivity index (χ1v) is 7.46. The zero-order valence-electron chi connectivity index (χ0n) is 13.0. The van der Waals surface area contributed by atoms with Crippen molar-refractivity contribution in [2.24, 2.45) is 0 Å². The Morgan fingerprint density at radius 3 is 2.88 bits per heavy atom. The van der Waals surface area contributed by atoms with Crippen LogP contribution in [0.5, 0.6) is 5.75 Å². The van der Waals surface area contributed by atoms with Crippen LogP contribution >= 0.6 is 0 Å². The van der Waals surface area contributed by atoms with E-state index in [0.717, 1.165) is 5.52 Å². The molecule has 0 atom stereocenters. The van der Waals surface area contributed by atoms with Crippen molar-refractivity contribution in [3.8, 4) is 5.75 Å². The normalized spacial score (nSPS) is 10.7. The average molecular weight is 324 g/mol. The standard InChI is InChI=1S/C17H16N4O3/c1-10(22)12-9-11(4-5-14(12)23)19-16(24)7-6-15-20-13-3-2-8-18-17(13)21-15/h2-5,8-9,23H,6-7H2,1H3,(H,19,24)(H,18,20,21). The van der Waals surface area contributed by atoms with Crippen molar-refractivity contribution >= 4 is 28.5 Å². The molecule has 2 heterocycles. The van der Waals surface area contributed by atoms with Crippen molar-refractivity contribution in [2.45, 2.75) is 19.8 Å². The number of hydrogen-bond acceptors (Lipinski definition) is 5. The number of nitrogens with one attached hydrogen (secondary N) is 2. The number of ketones is 1. The number of hydrogen-bond donors (Lipinski definition) is 3. The molecular formula is C17H16N4O3. The molecule has 7 heteroatoms. The number of H-pyrrole nitrogens is 1. The number of pyridine rings is 1. The highest BCUT2D eigenvalue weighted by Gasteiger charge is 2.10. The van der Waals surface area contributed by atoms with Crippen LogP contribution in [0.1, 0.15) is 29.5 Å². The van der Waals surface area contributed by atoms with Gasteiger partial charge in [0.15, 0.2) is 11.4 Å². The molecule has 3 rings (SSSR count).